The highest BCUT2D eigenvalue weighted by Gasteiger charge is 2.20. The molecule has 88 valence electrons. The quantitative estimate of drug-likeness (QED) is 0.717. The number of nitrogens with zero attached hydrogens (tertiary/aromatic N) is 1. The number of alkyl halides is 1. The van der Waals surface area contributed by atoms with Gasteiger partial charge in [-0.05, 0) is 13.8 Å². The van der Waals surface area contributed by atoms with Gasteiger partial charge in [-0.2, -0.15) is 0 Å². The Morgan fingerprint density at radius 1 is 1.40 bits per heavy atom. The lowest BCUT2D eigenvalue weighted by Crippen LogP contribution is -2.47. The third-order valence-electron chi connectivity index (χ3n) is 2.26. The van der Waals surface area contributed by atoms with Crippen LogP contribution in [0.2, 0.25) is 0 Å². The topological polar surface area (TPSA) is 49.4 Å². The van der Waals surface area contributed by atoms with Gasteiger partial charge in [0.2, 0.25) is 11.8 Å². The first kappa shape index (κ1) is 14.2. The van der Waals surface area contributed by atoms with Crippen LogP contribution < -0.4 is 5.32 Å². The maximum absolute atomic E-state index is 11.6. The predicted octanol–water partition coefficient (Wildman–Crippen LogP) is 0.844. The second kappa shape index (κ2) is 6.67. The Bertz CT molecular complexity index is 233. The highest BCUT2D eigenvalue weighted by molar-refractivity contribution is 6.19. The summed E-state index contributed by atoms with van der Waals surface area (Å²) in [6, 6.07) is -0.492. The lowest BCUT2D eigenvalue weighted by Gasteiger charge is -2.21. The van der Waals surface area contributed by atoms with Crippen molar-refractivity contribution in [2.24, 2.45) is 5.92 Å². The van der Waals surface area contributed by atoms with Gasteiger partial charge >= 0.3 is 0 Å². The first-order valence-corrected chi connectivity index (χ1v) is 5.58. The van der Waals surface area contributed by atoms with Crippen LogP contribution in [0.1, 0.15) is 20.8 Å². The van der Waals surface area contributed by atoms with E-state index in [-0.39, 0.29) is 23.6 Å². The molecule has 0 saturated carbocycles. The van der Waals surface area contributed by atoms with Gasteiger partial charge in [-0.25, -0.2) is 0 Å². The monoisotopic (exact) mass is 234 g/mol. The van der Waals surface area contributed by atoms with E-state index in [1.54, 1.807) is 25.8 Å². The molecule has 0 spiro atoms. The van der Waals surface area contributed by atoms with E-state index in [1.807, 2.05) is 6.92 Å². The summed E-state index contributed by atoms with van der Waals surface area (Å²) in [7, 11) is 1.70. The molecular formula is C10H19ClN2O2. The number of carbonyl (C=O) groups excluding carboxylic acids is 2. The van der Waals surface area contributed by atoms with E-state index in [4.69, 9.17) is 11.6 Å². The molecule has 2 atom stereocenters. The minimum absolute atomic E-state index is 0.0902. The van der Waals surface area contributed by atoms with E-state index in [9.17, 15) is 9.59 Å². The summed E-state index contributed by atoms with van der Waals surface area (Å²) in [5.41, 5.74) is 0. The van der Waals surface area contributed by atoms with Crippen molar-refractivity contribution in [3.05, 3.63) is 0 Å². The molecule has 0 heterocycles. The van der Waals surface area contributed by atoms with Gasteiger partial charge < -0.3 is 10.2 Å². The predicted molar refractivity (Wildman–Crippen MR) is 60.8 cm³/mol. The molecule has 0 saturated heterocycles. The van der Waals surface area contributed by atoms with E-state index in [0.29, 0.717) is 6.54 Å². The Hall–Kier alpha value is -0.770. The summed E-state index contributed by atoms with van der Waals surface area (Å²) < 4.78 is 0. The third-order valence-corrected chi connectivity index (χ3v) is 2.72. The van der Waals surface area contributed by atoms with Crippen LogP contribution in [-0.2, 0) is 9.59 Å². The molecule has 0 aromatic carbocycles. The highest BCUT2D eigenvalue weighted by atomic mass is 35.5. The Labute approximate surface area is 96.0 Å². The van der Waals surface area contributed by atoms with Crippen LogP contribution in [0, 0.1) is 5.92 Å². The average molecular weight is 235 g/mol. The standard InChI is InChI=1S/C10H19ClN2O2/c1-5-13(4)10(15)8(3)12-9(14)7(2)6-11/h7-8H,5-6H2,1-4H3,(H,12,14). The van der Waals surface area contributed by atoms with Gasteiger partial charge in [0.15, 0.2) is 0 Å². The van der Waals surface area contributed by atoms with Crippen LogP contribution in [0.3, 0.4) is 0 Å². The Morgan fingerprint density at radius 2 is 1.93 bits per heavy atom. The first-order chi connectivity index (χ1) is 6.93. The smallest absolute Gasteiger partial charge is 0.244 e. The van der Waals surface area contributed by atoms with Gasteiger partial charge in [0.1, 0.15) is 6.04 Å². The molecule has 15 heavy (non-hydrogen) atoms. The molecule has 1 N–H and O–H groups in total. The van der Waals surface area contributed by atoms with Crippen molar-refractivity contribution in [1.82, 2.24) is 10.2 Å². The van der Waals surface area contributed by atoms with Gasteiger partial charge in [0, 0.05) is 25.4 Å². The molecule has 5 heteroatoms. The molecule has 0 aliphatic carbocycles. The van der Waals surface area contributed by atoms with Crippen LogP contribution in [0.5, 0.6) is 0 Å². The number of amides is 2. The zero-order valence-electron chi connectivity index (χ0n) is 9.71. The number of halogens is 1. The number of nitrogens with one attached hydrogen (secondary N) is 1. The van der Waals surface area contributed by atoms with Gasteiger partial charge in [-0.3, -0.25) is 9.59 Å². The molecule has 2 amide bonds. The molecule has 0 aliphatic rings. The van der Waals surface area contributed by atoms with E-state index < -0.39 is 6.04 Å². The lowest BCUT2D eigenvalue weighted by atomic mass is 10.2. The van der Waals surface area contributed by atoms with Crippen LogP contribution in [0.4, 0.5) is 0 Å². The minimum Gasteiger partial charge on any atom is -0.344 e. The maximum atomic E-state index is 11.6. The van der Waals surface area contributed by atoms with Crippen molar-refractivity contribution in [1.29, 1.82) is 0 Å². The third kappa shape index (κ3) is 4.51. The molecule has 4 nitrogen and oxygen atoms in total. The summed E-state index contributed by atoms with van der Waals surface area (Å²) in [6.07, 6.45) is 0. The van der Waals surface area contributed by atoms with Gasteiger partial charge in [0.25, 0.3) is 0 Å². The first-order valence-electron chi connectivity index (χ1n) is 5.05. The molecule has 0 rings (SSSR count). The van der Waals surface area contributed by atoms with Crippen LogP contribution in [-0.4, -0.2) is 42.2 Å². The van der Waals surface area contributed by atoms with Crippen molar-refractivity contribution in [2.75, 3.05) is 19.5 Å². The fourth-order valence-electron chi connectivity index (χ4n) is 0.974. The van der Waals surface area contributed by atoms with Crippen LogP contribution in [0.15, 0.2) is 0 Å². The Morgan fingerprint density at radius 3 is 2.33 bits per heavy atom. The molecule has 0 fully saturated rings. The Kier molecular flexibility index (Phi) is 6.32. The van der Waals surface area contributed by atoms with E-state index >= 15 is 0 Å². The molecular weight excluding hydrogens is 216 g/mol. The number of rotatable bonds is 5. The number of likely N-dealkylation sites (N-methyl/N-ethyl adjacent to an activating group) is 1. The van der Waals surface area contributed by atoms with Gasteiger partial charge in [0.05, 0.1) is 0 Å². The average Bonchev–Trinajstić information content (AvgIpc) is 2.25. The highest BCUT2D eigenvalue weighted by Crippen LogP contribution is 1.99. The summed E-state index contributed by atoms with van der Waals surface area (Å²) in [5.74, 6) is -0.284. The van der Waals surface area contributed by atoms with Crippen molar-refractivity contribution in [3.63, 3.8) is 0 Å². The maximum Gasteiger partial charge on any atom is 0.244 e. The summed E-state index contributed by atoms with van der Waals surface area (Å²) >= 11 is 5.54. The largest absolute Gasteiger partial charge is 0.344 e. The van der Waals surface area contributed by atoms with Crippen molar-refractivity contribution >= 4 is 23.4 Å². The molecule has 2 unspecified atom stereocenters. The van der Waals surface area contributed by atoms with Crippen molar-refractivity contribution < 1.29 is 9.59 Å². The number of carbonyl (C=O) groups is 2. The molecule has 0 radical (unpaired) electrons. The van der Waals surface area contributed by atoms with Gasteiger partial charge in [-0.15, -0.1) is 11.6 Å². The fraction of sp³-hybridized carbons (Fsp3) is 0.800. The second-order valence-corrected chi connectivity index (χ2v) is 3.95. The van der Waals surface area contributed by atoms with Crippen LogP contribution in [0.25, 0.3) is 0 Å². The zero-order valence-corrected chi connectivity index (χ0v) is 10.5. The molecule has 0 aromatic rings. The van der Waals surface area contributed by atoms with Crippen molar-refractivity contribution in [3.8, 4) is 0 Å². The summed E-state index contributed by atoms with van der Waals surface area (Å²) in [6.45, 7) is 5.91. The summed E-state index contributed by atoms with van der Waals surface area (Å²) in [4.78, 5) is 24.6. The minimum atomic E-state index is -0.492. The molecule has 0 aromatic heterocycles. The van der Waals surface area contributed by atoms with Crippen molar-refractivity contribution in [2.45, 2.75) is 26.8 Å². The van der Waals surface area contributed by atoms with Crippen LogP contribution >= 0.6 is 11.6 Å². The van der Waals surface area contributed by atoms with Gasteiger partial charge in [-0.1, -0.05) is 6.92 Å². The second-order valence-electron chi connectivity index (χ2n) is 3.64. The SMILES string of the molecule is CCN(C)C(=O)C(C)NC(=O)C(C)CCl. The zero-order chi connectivity index (χ0) is 12.0. The number of hydrogen-bond donors (Lipinski definition) is 1. The molecule has 0 bridgehead atoms. The van der Waals surface area contributed by atoms with E-state index in [1.165, 1.54) is 0 Å². The molecule has 0 aliphatic heterocycles. The fourth-order valence-corrected chi connectivity index (χ4v) is 1.11. The normalized spacial score (nSPS) is 14.2. The summed E-state index contributed by atoms with van der Waals surface area (Å²) in [5, 5.41) is 2.63. The Balaban J connectivity index is 4.18. The van der Waals surface area contributed by atoms with E-state index in [0.717, 1.165) is 0 Å². The lowest BCUT2D eigenvalue weighted by molar-refractivity contribution is -0.135. The number of hydrogen-bond acceptors (Lipinski definition) is 2. The van der Waals surface area contributed by atoms with E-state index in [2.05, 4.69) is 5.32 Å².